The fourth-order valence-corrected chi connectivity index (χ4v) is 3.02. The Bertz CT molecular complexity index is 902. The van der Waals surface area contributed by atoms with Gasteiger partial charge < -0.3 is 14.6 Å². The van der Waals surface area contributed by atoms with E-state index < -0.39 is 47.6 Å². The summed E-state index contributed by atoms with van der Waals surface area (Å²) >= 11 is 0. The van der Waals surface area contributed by atoms with Crippen LogP contribution in [0.5, 0.6) is 5.75 Å². The molecule has 0 unspecified atom stereocenters. The number of anilines is 1. The lowest BCUT2D eigenvalue weighted by Crippen LogP contribution is -2.50. The van der Waals surface area contributed by atoms with Crippen LogP contribution in [0, 0.1) is 0 Å². The van der Waals surface area contributed by atoms with Crippen LogP contribution in [0.15, 0.2) is 23.0 Å². The van der Waals surface area contributed by atoms with Crippen LogP contribution in [0.1, 0.15) is 19.4 Å². The van der Waals surface area contributed by atoms with E-state index in [-0.39, 0.29) is 17.0 Å². The fourth-order valence-electron chi connectivity index (χ4n) is 3.02. The Balaban J connectivity index is 2.27. The number of halogens is 6. The topological polar surface area (TPSA) is 45.3 Å². The van der Waals surface area contributed by atoms with E-state index in [1.807, 2.05) is 0 Å². The van der Waals surface area contributed by atoms with Gasteiger partial charge in [0.05, 0.1) is 22.8 Å². The highest BCUT2D eigenvalue weighted by atomic mass is 19.4. The minimum absolute atomic E-state index is 0.0117. The molecule has 2 heterocycles. The highest BCUT2D eigenvalue weighted by molar-refractivity contribution is 5.89. The number of hydrogen-bond acceptors (Lipinski definition) is 3. The number of aromatic amines is 1. The number of nitrogens with zero attached hydrogens (tertiary/aromatic N) is 1. The summed E-state index contributed by atoms with van der Waals surface area (Å²) in [5.74, 6) is -0.0117. The van der Waals surface area contributed by atoms with Gasteiger partial charge in [-0.15, -0.1) is 0 Å². The van der Waals surface area contributed by atoms with Crippen LogP contribution in [0.4, 0.5) is 32.0 Å². The molecular formula is C16H14F6N2O2. The lowest BCUT2D eigenvalue weighted by atomic mass is 10.0. The fraction of sp³-hybridized carbons (Fsp3) is 0.438. The quantitative estimate of drug-likeness (QED) is 0.759. The van der Waals surface area contributed by atoms with Crippen molar-refractivity contribution in [1.82, 2.24) is 4.98 Å². The van der Waals surface area contributed by atoms with E-state index in [1.165, 1.54) is 6.92 Å². The zero-order valence-electron chi connectivity index (χ0n) is 13.6. The van der Waals surface area contributed by atoms with E-state index in [9.17, 15) is 31.1 Å². The third-order valence-electron chi connectivity index (χ3n) is 4.37. The van der Waals surface area contributed by atoms with Crippen LogP contribution in [-0.2, 0) is 6.18 Å². The second-order valence-electron chi connectivity index (χ2n) is 6.22. The van der Waals surface area contributed by atoms with Crippen molar-refractivity contribution in [1.29, 1.82) is 0 Å². The minimum Gasteiger partial charge on any atom is -0.486 e. The second kappa shape index (κ2) is 5.82. The number of ether oxygens (including phenoxy) is 1. The molecular weight excluding hydrogens is 366 g/mol. The number of aromatic nitrogens is 1. The number of fused-ring (bicyclic) bond motifs is 2. The van der Waals surface area contributed by atoms with Crippen molar-refractivity contribution in [3.05, 3.63) is 34.1 Å². The summed E-state index contributed by atoms with van der Waals surface area (Å²) in [5.41, 5.74) is -2.43. The lowest BCUT2D eigenvalue weighted by molar-refractivity contribution is -0.136. The molecule has 0 aliphatic carbocycles. The molecule has 0 saturated carbocycles. The van der Waals surface area contributed by atoms with E-state index >= 15 is 0 Å². The largest absolute Gasteiger partial charge is 0.486 e. The predicted molar refractivity (Wildman–Crippen MR) is 82.5 cm³/mol. The molecule has 4 nitrogen and oxygen atoms in total. The van der Waals surface area contributed by atoms with Gasteiger partial charge in [0.2, 0.25) is 5.56 Å². The third kappa shape index (κ3) is 3.32. The Labute approximate surface area is 143 Å². The van der Waals surface area contributed by atoms with Gasteiger partial charge in [0.1, 0.15) is 18.4 Å². The maximum atomic E-state index is 13.3. The Morgan fingerprint density at radius 1 is 1.12 bits per heavy atom. The standard InChI is InChI=1S/C16H14F6N2O2/c1-7-8(2)26-13-5-11-9(3-12(13)24(7)6-15(17,18)19)10(16(20,21)22)4-14(25)23-11/h3-5,7-8H,6H2,1-2H3,(H,23,25)/t7-,8-/m1/s1. The number of H-pyrrole nitrogens is 1. The summed E-state index contributed by atoms with van der Waals surface area (Å²) in [6.45, 7) is 1.74. The molecule has 1 N–H and O–H groups in total. The molecule has 0 spiro atoms. The summed E-state index contributed by atoms with van der Waals surface area (Å²) in [5, 5.41) is -0.395. The maximum Gasteiger partial charge on any atom is 0.417 e. The van der Waals surface area contributed by atoms with Crippen molar-refractivity contribution >= 4 is 16.6 Å². The first-order chi connectivity index (χ1) is 11.9. The van der Waals surface area contributed by atoms with Crippen LogP contribution in [0.2, 0.25) is 0 Å². The molecule has 0 fully saturated rings. The summed E-state index contributed by atoms with van der Waals surface area (Å²) in [4.78, 5) is 14.8. The van der Waals surface area contributed by atoms with Gasteiger partial charge in [0.15, 0.2) is 0 Å². The van der Waals surface area contributed by atoms with Gasteiger partial charge in [-0.25, -0.2) is 0 Å². The van der Waals surface area contributed by atoms with Crippen molar-refractivity contribution in [2.24, 2.45) is 0 Å². The highest BCUT2D eigenvalue weighted by Gasteiger charge is 2.40. The molecule has 10 heteroatoms. The first kappa shape index (κ1) is 18.4. The summed E-state index contributed by atoms with van der Waals surface area (Å²) < 4.78 is 84.2. The van der Waals surface area contributed by atoms with E-state index in [0.717, 1.165) is 17.0 Å². The Morgan fingerprint density at radius 3 is 2.35 bits per heavy atom. The predicted octanol–water partition coefficient (Wildman–Crippen LogP) is 4.09. The zero-order valence-corrected chi connectivity index (χ0v) is 13.6. The smallest absolute Gasteiger partial charge is 0.417 e. The van der Waals surface area contributed by atoms with E-state index in [1.54, 1.807) is 6.92 Å². The van der Waals surface area contributed by atoms with E-state index in [4.69, 9.17) is 4.74 Å². The van der Waals surface area contributed by atoms with Gasteiger partial charge in [-0.1, -0.05) is 0 Å². The monoisotopic (exact) mass is 380 g/mol. The molecule has 2 aromatic rings. The molecule has 1 aliphatic heterocycles. The first-order valence-corrected chi connectivity index (χ1v) is 7.65. The van der Waals surface area contributed by atoms with Crippen LogP contribution < -0.4 is 15.2 Å². The molecule has 0 saturated heterocycles. The molecule has 142 valence electrons. The molecule has 1 aliphatic rings. The second-order valence-corrected chi connectivity index (χ2v) is 6.22. The van der Waals surface area contributed by atoms with Gasteiger partial charge >= 0.3 is 12.4 Å². The van der Waals surface area contributed by atoms with Crippen LogP contribution in [0.3, 0.4) is 0 Å². The average molecular weight is 380 g/mol. The maximum absolute atomic E-state index is 13.3. The summed E-state index contributed by atoms with van der Waals surface area (Å²) in [7, 11) is 0. The number of benzene rings is 1. The van der Waals surface area contributed by atoms with Gasteiger partial charge in [-0.3, -0.25) is 4.79 Å². The van der Waals surface area contributed by atoms with Crippen molar-refractivity contribution in [3.63, 3.8) is 0 Å². The zero-order chi connectivity index (χ0) is 19.4. The van der Waals surface area contributed by atoms with E-state index in [2.05, 4.69) is 4.98 Å². The molecule has 2 atom stereocenters. The highest BCUT2D eigenvalue weighted by Crippen LogP contribution is 2.43. The normalized spacial score (nSPS) is 20.8. The summed E-state index contributed by atoms with van der Waals surface area (Å²) in [6, 6.07) is 1.79. The van der Waals surface area contributed by atoms with Crippen molar-refractivity contribution in [3.8, 4) is 5.75 Å². The van der Waals surface area contributed by atoms with Crippen molar-refractivity contribution in [2.75, 3.05) is 11.4 Å². The van der Waals surface area contributed by atoms with Crippen LogP contribution >= 0.6 is 0 Å². The number of alkyl halides is 6. The van der Waals surface area contributed by atoms with Gasteiger partial charge in [0.25, 0.3) is 0 Å². The lowest BCUT2D eigenvalue weighted by Gasteiger charge is -2.41. The number of rotatable bonds is 1. The SMILES string of the molecule is C[C@@H]1[C@@H](C)Oc2cc3[nH]c(=O)cc(C(F)(F)F)c3cc2N1CC(F)(F)F. The molecule has 0 amide bonds. The Hall–Kier alpha value is -2.39. The first-order valence-electron chi connectivity index (χ1n) is 7.65. The van der Waals surface area contributed by atoms with Gasteiger partial charge in [-0.05, 0) is 19.9 Å². The minimum atomic E-state index is -4.83. The molecule has 0 radical (unpaired) electrons. The average Bonchev–Trinajstić information content (AvgIpc) is 2.47. The van der Waals surface area contributed by atoms with E-state index in [0.29, 0.717) is 6.07 Å². The summed E-state index contributed by atoms with van der Waals surface area (Å²) in [6.07, 6.45) is -10.0. The van der Waals surface area contributed by atoms with Crippen molar-refractivity contribution < 1.29 is 31.1 Å². The molecule has 1 aromatic carbocycles. The number of nitrogens with one attached hydrogen (secondary N) is 1. The Kier molecular flexibility index (Phi) is 4.12. The van der Waals surface area contributed by atoms with Crippen LogP contribution in [0.25, 0.3) is 10.9 Å². The van der Waals surface area contributed by atoms with Crippen LogP contribution in [-0.4, -0.2) is 29.9 Å². The third-order valence-corrected chi connectivity index (χ3v) is 4.37. The van der Waals surface area contributed by atoms with Gasteiger partial charge in [0, 0.05) is 17.5 Å². The van der Waals surface area contributed by atoms with Gasteiger partial charge in [-0.2, -0.15) is 26.3 Å². The number of hydrogen-bond donors (Lipinski definition) is 1. The number of pyridine rings is 1. The molecule has 26 heavy (non-hydrogen) atoms. The molecule has 1 aromatic heterocycles. The Morgan fingerprint density at radius 2 is 1.77 bits per heavy atom. The molecule has 0 bridgehead atoms. The van der Waals surface area contributed by atoms with Crippen molar-refractivity contribution in [2.45, 2.75) is 38.3 Å². The molecule has 3 rings (SSSR count).